The van der Waals surface area contributed by atoms with E-state index in [9.17, 15) is 0 Å². The van der Waals surface area contributed by atoms with Crippen LogP contribution in [0.2, 0.25) is 0 Å². The second kappa shape index (κ2) is 7.76. The van der Waals surface area contributed by atoms with Crippen molar-refractivity contribution in [1.29, 1.82) is 0 Å². The predicted octanol–water partition coefficient (Wildman–Crippen LogP) is 5.90. The molecule has 0 bridgehead atoms. The van der Waals surface area contributed by atoms with E-state index in [4.69, 9.17) is 4.74 Å². The van der Waals surface area contributed by atoms with Crippen molar-refractivity contribution >= 4 is 54.5 Å². The van der Waals surface area contributed by atoms with Crippen LogP contribution in [0.1, 0.15) is 17.2 Å². The van der Waals surface area contributed by atoms with Crippen molar-refractivity contribution in [2.75, 3.05) is 4.43 Å². The molecule has 19 heavy (non-hydrogen) atoms. The lowest BCUT2D eigenvalue weighted by atomic mass is 10.1. The molecule has 0 heterocycles. The van der Waals surface area contributed by atoms with E-state index in [0.717, 1.165) is 13.4 Å². The summed E-state index contributed by atoms with van der Waals surface area (Å²) in [6.45, 7) is 0.632. The van der Waals surface area contributed by atoms with Gasteiger partial charge >= 0.3 is 0 Å². The Morgan fingerprint density at radius 1 is 1.00 bits per heavy atom. The molecule has 0 aliphatic heterocycles. The second-order valence-electron chi connectivity index (χ2n) is 4.14. The lowest BCUT2D eigenvalue weighted by Crippen LogP contribution is -2.06. The van der Waals surface area contributed by atoms with E-state index in [1.54, 1.807) is 0 Å². The largest absolute Gasteiger partial charge is 0.368 e. The topological polar surface area (TPSA) is 9.23 Å². The fraction of sp³-hybridized carbons (Fsp3) is 0.200. The molecule has 0 N–H and O–H groups in total. The van der Waals surface area contributed by atoms with Crippen LogP contribution in [0.25, 0.3) is 0 Å². The van der Waals surface area contributed by atoms with Crippen molar-refractivity contribution in [2.45, 2.75) is 12.7 Å². The summed E-state index contributed by atoms with van der Waals surface area (Å²) in [5.74, 6) is 0. The summed E-state index contributed by atoms with van der Waals surface area (Å²) in [5.41, 5.74) is 2.40. The lowest BCUT2D eigenvalue weighted by molar-refractivity contribution is 0.0577. The van der Waals surface area contributed by atoms with Gasteiger partial charge in [-0.1, -0.05) is 78.7 Å². The third-order valence-corrected chi connectivity index (χ3v) is 4.55. The zero-order valence-electron chi connectivity index (χ0n) is 10.2. The zero-order chi connectivity index (χ0) is 13.7. The van der Waals surface area contributed by atoms with Crippen LogP contribution in [0.5, 0.6) is 0 Å². The standard InChI is InChI=1S/C15H13Br2IO/c16-13-6-4-11(5-7-13)10-19-15(9-18)12-2-1-3-14(17)8-12/h1-8,15H,9-10H2. The van der Waals surface area contributed by atoms with Crippen LogP contribution in [0, 0.1) is 0 Å². The van der Waals surface area contributed by atoms with E-state index in [-0.39, 0.29) is 6.10 Å². The first-order valence-electron chi connectivity index (χ1n) is 5.86. The fourth-order valence-corrected chi connectivity index (χ4v) is 3.16. The van der Waals surface area contributed by atoms with E-state index in [1.165, 1.54) is 11.1 Å². The minimum Gasteiger partial charge on any atom is -0.368 e. The molecule has 100 valence electrons. The molecule has 4 heteroatoms. The molecule has 2 aromatic carbocycles. The molecule has 2 aromatic rings. The highest BCUT2D eigenvalue weighted by atomic mass is 127. The van der Waals surface area contributed by atoms with Gasteiger partial charge in [0.1, 0.15) is 0 Å². The Morgan fingerprint density at radius 3 is 2.37 bits per heavy atom. The summed E-state index contributed by atoms with van der Waals surface area (Å²) in [6, 6.07) is 16.5. The molecule has 0 saturated carbocycles. The van der Waals surface area contributed by atoms with Gasteiger partial charge in [0.15, 0.2) is 0 Å². The monoisotopic (exact) mass is 494 g/mol. The molecular weight excluding hydrogens is 483 g/mol. The molecule has 0 radical (unpaired) electrons. The smallest absolute Gasteiger partial charge is 0.0919 e. The Hall–Kier alpha value is 0.0900. The summed E-state index contributed by atoms with van der Waals surface area (Å²) in [7, 11) is 0. The van der Waals surface area contributed by atoms with Crippen molar-refractivity contribution in [3.63, 3.8) is 0 Å². The molecule has 0 fully saturated rings. The zero-order valence-corrected chi connectivity index (χ0v) is 15.5. The number of hydrogen-bond donors (Lipinski definition) is 0. The van der Waals surface area contributed by atoms with Gasteiger partial charge in [0.2, 0.25) is 0 Å². The highest BCUT2D eigenvalue weighted by Gasteiger charge is 2.11. The Kier molecular flexibility index (Phi) is 6.32. The lowest BCUT2D eigenvalue weighted by Gasteiger charge is -2.16. The Morgan fingerprint density at radius 2 is 1.74 bits per heavy atom. The summed E-state index contributed by atoms with van der Waals surface area (Å²) >= 11 is 9.30. The maximum atomic E-state index is 6.01. The summed E-state index contributed by atoms with van der Waals surface area (Å²) in [5, 5.41) is 0. The third kappa shape index (κ3) is 4.85. The molecule has 0 amide bonds. The van der Waals surface area contributed by atoms with E-state index in [1.807, 2.05) is 24.3 Å². The molecule has 1 unspecified atom stereocenters. The van der Waals surface area contributed by atoms with E-state index >= 15 is 0 Å². The first kappa shape index (κ1) is 15.5. The van der Waals surface area contributed by atoms with Gasteiger partial charge in [-0.2, -0.15) is 0 Å². The molecule has 2 rings (SSSR count). The SMILES string of the molecule is Brc1ccc(COC(CI)c2cccc(Br)c2)cc1. The summed E-state index contributed by atoms with van der Waals surface area (Å²) in [6.07, 6.45) is 0.127. The molecule has 0 aromatic heterocycles. The molecule has 1 atom stereocenters. The van der Waals surface area contributed by atoms with Gasteiger partial charge in [0, 0.05) is 13.4 Å². The number of benzene rings is 2. The van der Waals surface area contributed by atoms with Gasteiger partial charge < -0.3 is 4.74 Å². The van der Waals surface area contributed by atoms with Crippen molar-refractivity contribution in [3.8, 4) is 0 Å². The average molecular weight is 496 g/mol. The number of hydrogen-bond acceptors (Lipinski definition) is 1. The van der Waals surface area contributed by atoms with E-state index < -0.39 is 0 Å². The quantitative estimate of drug-likeness (QED) is 0.370. The number of rotatable bonds is 5. The van der Waals surface area contributed by atoms with Gasteiger partial charge in [-0.15, -0.1) is 0 Å². The van der Waals surface area contributed by atoms with Crippen LogP contribution in [-0.4, -0.2) is 4.43 Å². The Balaban J connectivity index is 2.01. The molecule has 0 saturated heterocycles. The minimum atomic E-state index is 0.127. The molecule has 0 aliphatic rings. The van der Waals surface area contributed by atoms with Crippen LogP contribution in [0.15, 0.2) is 57.5 Å². The molecular formula is C15H13Br2IO. The number of alkyl halides is 1. The normalized spacial score (nSPS) is 12.4. The van der Waals surface area contributed by atoms with E-state index in [2.05, 4.69) is 78.7 Å². The van der Waals surface area contributed by atoms with Gasteiger partial charge in [-0.25, -0.2) is 0 Å². The van der Waals surface area contributed by atoms with Crippen LogP contribution in [0.4, 0.5) is 0 Å². The van der Waals surface area contributed by atoms with Gasteiger partial charge in [-0.3, -0.25) is 0 Å². The van der Waals surface area contributed by atoms with Crippen molar-refractivity contribution < 1.29 is 4.74 Å². The maximum absolute atomic E-state index is 6.01. The fourth-order valence-electron chi connectivity index (χ4n) is 1.71. The first-order valence-corrected chi connectivity index (χ1v) is 8.97. The Bertz CT molecular complexity index is 528. The van der Waals surface area contributed by atoms with Gasteiger partial charge in [0.05, 0.1) is 12.7 Å². The van der Waals surface area contributed by atoms with Crippen molar-refractivity contribution in [2.24, 2.45) is 0 Å². The summed E-state index contributed by atoms with van der Waals surface area (Å²) < 4.78 is 9.13. The molecule has 0 spiro atoms. The predicted molar refractivity (Wildman–Crippen MR) is 94.7 cm³/mol. The third-order valence-electron chi connectivity index (χ3n) is 2.73. The van der Waals surface area contributed by atoms with Gasteiger partial charge in [-0.05, 0) is 35.4 Å². The second-order valence-corrected chi connectivity index (χ2v) is 6.85. The van der Waals surface area contributed by atoms with Crippen molar-refractivity contribution in [1.82, 2.24) is 0 Å². The van der Waals surface area contributed by atoms with Crippen LogP contribution in [0.3, 0.4) is 0 Å². The first-order chi connectivity index (χ1) is 9.19. The Labute approximate surface area is 144 Å². The van der Waals surface area contributed by atoms with Crippen LogP contribution >= 0.6 is 54.5 Å². The average Bonchev–Trinajstić information content (AvgIpc) is 2.42. The summed E-state index contributed by atoms with van der Waals surface area (Å²) in [4.78, 5) is 0. The highest BCUT2D eigenvalue weighted by Crippen LogP contribution is 2.24. The molecule has 0 aliphatic carbocycles. The van der Waals surface area contributed by atoms with Crippen LogP contribution in [-0.2, 0) is 11.3 Å². The van der Waals surface area contributed by atoms with Crippen molar-refractivity contribution in [3.05, 3.63) is 68.6 Å². The number of ether oxygens (including phenoxy) is 1. The van der Waals surface area contributed by atoms with Crippen LogP contribution < -0.4 is 0 Å². The minimum absolute atomic E-state index is 0.127. The molecule has 1 nitrogen and oxygen atoms in total. The number of halogens is 3. The van der Waals surface area contributed by atoms with Gasteiger partial charge in [0.25, 0.3) is 0 Å². The maximum Gasteiger partial charge on any atom is 0.0919 e. The van der Waals surface area contributed by atoms with E-state index in [0.29, 0.717) is 6.61 Å². The highest BCUT2D eigenvalue weighted by molar-refractivity contribution is 14.1.